The maximum Gasteiger partial charge on any atom is 0.416 e. The number of benzene rings is 2. The van der Waals surface area contributed by atoms with Gasteiger partial charge in [-0.1, -0.05) is 18.2 Å². The minimum atomic E-state index is -4.35. The van der Waals surface area contributed by atoms with Crippen molar-refractivity contribution in [3.8, 4) is 0 Å². The van der Waals surface area contributed by atoms with Crippen LogP contribution in [0.2, 0.25) is 0 Å². The van der Waals surface area contributed by atoms with Crippen LogP contribution in [0.1, 0.15) is 29.7 Å². The van der Waals surface area contributed by atoms with Crippen molar-refractivity contribution in [1.29, 1.82) is 0 Å². The van der Waals surface area contributed by atoms with Gasteiger partial charge < -0.3 is 5.32 Å². The highest BCUT2D eigenvalue weighted by atomic mass is 19.4. The van der Waals surface area contributed by atoms with E-state index in [1.54, 1.807) is 26.0 Å². The Morgan fingerprint density at radius 3 is 2.14 bits per heavy atom. The zero-order valence-electron chi connectivity index (χ0n) is 11.6. The predicted octanol–water partition coefficient (Wildman–Crippen LogP) is 5.33. The zero-order chi connectivity index (χ0) is 15.6. The first-order valence-corrected chi connectivity index (χ1v) is 6.47. The largest absolute Gasteiger partial charge is 0.416 e. The molecular formula is C16H15F4N. The lowest BCUT2D eigenvalue weighted by Crippen LogP contribution is -2.09. The smallest absolute Gasteiger partial charge is 0.376 e. The van der Waals surface area contributed by atoms with Gasteiger partial charge in [0.2, 0.25) is 0 Å². The van der Waals surface area contributed by atoms with E-state index in [9.17, 15) is 17.6 Å². The highest BCUT2D eigenvalue weighted by Gasteiger charge is 2.30. The molecule has 2 aromatic rings. The third-order valence-corrected chi connectivity index (χ3v) is 3.23. The summed E-state index contributed by atoms with van der Waals surface area (Å²) in [6, 6.07) is 9.33. The molecule has 0 fully saturated rings. The second-order valence-corrected chi connectivity index (χ2v) is 4.97. The van der Waals surface area contributed by atoms with Gasteiger partial charge in [0.05, 0.1) is 11.3 Å². The van der Waals surface area contributed by atoms with E-state index in [0.717, 1.165) is 17.7 Å². The molecule has 112 valence electrons. The first-order valence-electron chi connectivity index (χ1n) is 6.47. The van der Waals surface area contributed by atoms with Crippen molar-refractivity contribution in [2.45, 2.75) is 26.1 Å². The minimum absolute atomic E-state index is 0.301. The molecule has 2 aromatic carbocycles. The second kappa shape index (κ2) is 5.76. The van der Waals surface area contributed by atoms with Crippen LogP contribution in [0.15, 0.2) is 42.5 Å². The maximum absolute atomic E-state index is 13.7. The predicted molar refractivity (Wildman–Crippen MR) is 74.6 cm³/mol. The van der Waals surface area contributed by atoms with Gasteiger partial charge in [-0.3, -0.25) is 0 Å². The number of rotatable bonds is 3. The average molecular weight is 297 g/mol. The molecule has 0 saturated heterocycles. The Morgan fingerprint density at radius 2 is 1.62 bits per heavy atom. The standard InChI is InChI=1S/C16H15F4N/c1-10-3-8-15(14(17)9-10)21-11(2)12-4-6-13(7-5-12)16(18,19)20/h3-9,11,21H,1-2H3. The van der Waals surface area contributed by atoms with E-state index >= 15 is 0 Å². The fraction of sp³-hybridized carbons (Fsp3) is 0.250. The van der Waals surface area contributed by atoms with Gasteiger partial charge in [0.1, 0.15) is 5.82 Å². The van der Waals surface area contributed by atoms with Crippen molar-refractivity contribution in [2.75, 3.05) is 5.32 Å². The number of halogens is 4. The minimum Gasteiger partial charge on any atom is -0.376 e. The molecule has 0 bridgehead atoms. The van der Waals surface area contributed by atoms with E-state index < -0.39 is 11.7 Å². The summed E-state index contributed by atoms with van der Waals surface area (Å²) in [6.07, 6.45) is -4.35. The average Bonchev–Trinajstić information content (AvgIpc) is 2.41. The molecule has 0 radical (unpaired) electrons. The molecular weight excluding hydrogens is 282 g/mol. The Balaban J connectivity index is 2.15. The molecule has 1 unspecified atom stereocenters. The fourth-order valence-corrected chi connectivity index (χ4v) is 2.01. The second-order valence-electron chi connectivity index (χ2n) is 4.97. The van der Waals surface area contributed by atoms with Gasteiger partial charge in [0.25, 0.3) is 0 Å². The number of anilines is 1. The van der Waals surface area contributed by atoms with Crippen LogP contribution in [0, 0.1) is 12.7 Å². The first kappa shape index (κ1) is 15.4. The lowest BCUT2D eigenvalue weighted by molar-refractivity contribution is -0.137. The van der Waals surface area contributed by atoms with Crippen LogP contribution < -0.4 is 5.32 Å². The van der Waals surface area contributed by atoms with Crippen molar-refractivity contribution >= 4 is 5.69 Å². The van der Waals surface area contributed by atoms with Gasteiger partial charge in [0.15, 0.2) is 0 Å². The van der Waals surface area contributed by atoms with Crippen LogP contribution in [0.25, 0.3) is 0 Å². The van der Waals surface area contributed by atoms with Crippen molar-refractivity contribution in [3.63, 3.8) is 0 Å². The Kier molecular flexibility index (Phi) is 4.21. The summed E-state index contributed by atoms with van der Waals surface area (Å²) in [5.74, 6) is -0.381. The van der Waals surface area contributed by atoms with Crippen LogP contribution in [0.3, 0.4) is 0 Å². The number of aryl methyl sites for hydroxylation is 1. The molecule has 0 aliphatic heterocycles. The quantitative estimate of drug-likeness (QED) is 0.755. The Bertz CT molecular complexity index is 617. The summed E-state index contributed by atoms with van der Waals surface area (Å²) >= 11 is 0. The number of alkyl halides is 3. The SMILES string of the molecule is Cc1ccc(NC(C)c2ccc(C(F)(F)F)cc2)c(F)c1. The van der Waals surface area contributed by atoms with E-state index in [0.29, 0.717) is 11.3 Å². The third-order valence-electron chi connectivity index (χ3n) is 3.23. The summed E-state index contributed by atoms with van der Waals surface area (Å²) in [5, 5.41) is 2.96. The molecule has 0 amide bonds. The van der Waals surface area contributed by atoms with Crippen LogP contribution in [0.5, 0.6) is 0 Å². The highest BCUT2D eigenvalue weighted by molar-refractivity contribution is 5.48. The topological polar surface area (TPSA) is 12.0 Å². The Morgan fingerprint density at radius 1 is 1.00 bits per heavy atom. The fourth-order valence-electron chi connectivity index (χ4n) is 2.01. The summed E-state index contributed by atoms with van der Waals surface area (Å²) in [7, 11) is 0. The molecule has 2 rings (SSSR count). The van der Waals surface area contributed by atoms with Gasteiger partial charge in [-0.2, -0.15) is 13.2 Å². The van der Waals surface area contributed by atoms with Gasteiger partial charge in [0, 0.05) is 6.04 Å². The summed E-state index contributed by atoms with van der Waals surface area (Å²) in [6.45, 7) is 3.55. The number of hydrogen-bond acceptors (Lipinski definition) is 1. The van der Waals surface area contributed by atoms with Crippen LogP contribution in [-0.2, 0) is 6.18 Å². The normalized spacial score (nSPS) is 13.0. The molecule has 1 atom stereocenters. The first-order chi connectivity index (χ1) is 9.77. The zero-order valence-corrected chi connectivity index (χ0v) is 11.6. The van der Waals surface area contributed by atoms with Gasteiger partial charge in [-0.25, -0.2) is 4.39 Å². The molecule has 0 aliphatic rings. The van der Waals surface area contributed by atoms with Crippen molar-refractivity contribution < 1.29 is 17.6 Å². The van der Waals surface area contributed by atoms with E-state index in [2.05, 4.69) is 5.32 Å². The molecule has 0 aromatic heterocycles. The van der Waals surface area contributed by atoms with Crippen LogP contribution in [-0.4, -0.2) is 0 Å². The molecule has 1 N–H and O–H groups in total. The maximum atomic E-state index is 13.7. The number of hydrogen-bond donors (Lipinski definition) is 1. The molecule has 0 aliphatic carbocycles. The molecule has 0 saturated carbocycles. The Labute approximate surface area is 120 Å². The molecule has 5 heteroatoms. The summed E-state index contributed by atoms with van der Waals surface area (Å²) in [5.41, 5.74) is 1.09. The number of nitrogens with one attached hydrogen (secondary N) is 1. The van der Waals surface area contributed by atoms with Crippen molar-refractivity contribution in [3.05, 3.63) is 65.0 Å². The van der Waals surface area contributed by atoms with E-state index in [1.165, 1.54) is 18.2 Å². The molecule has 21 heavy (non-hydrogen) atoms. The van der Waals surface area contributed by atoms with Crippen molar-refractivity contribution in [1.82, 2.24) is 0 Å². The monoisotopic (exact) mass is 297 g/mol. The summed E-state index contributed by atoms with van der Waals surface area (Å²) < 4.78 is 51.2. The van der Waals surface area contributed by atoms with Crippen molar-refractivity contribution in [2.24, 2.45) is 0 Å². The molecule has 1 nitrogen and oxygen atoms in total. The third kappa shape index (κ3) is 3.74. The van der Waals surface area contributed by atoms with Gasteiger partial charge in [-0.05, 0) is 49.2 Å². The molecule has 0 heterocycles. The van der Waals surface area contributed by atoms with Crippen LogP contribution in [0.4, 0.5) is 23.2 Å². The van der Waals surface area contributed by atoms with Crippen LogP contribution >= 0.6 is 0 Å². The van der Waals surface area contributed by atoms with E-state index in [4.69, 9.17) is 0 Å². The highest BCUT2D eigenvalue weighted by Crippen LogP contribution is 2.30. The van der Waals surface area contributed by atoms with E-state index in [-0.39, 0.29) is 11.9 Å². The lowest BCUT2D eigenvalue weighted by Gasteiger charge is -2.17. The summed E-state index contributed by atoms with van der Waals surface area (Å²) in [4.78, 5) is 0. The van der Waals surface area contributed by atoms with Gasteiger partial charge in [-0.15, -0.1) is 0 Å². The molecule has 0 spiro atoms. The lowest BCUT2D eigenvalue weighted by atomic mass is 10.1. The van der Waals surface area contributed by atoms with E-state index in [1.807, 2.05) is 0 Å². The Hall–Kier alpha value is -2.04. The van der Waals surface area contributed by atoms with Gasteiger partial charge >= 0.3 is 6.18 Å².